The number of amides is 3. The van der Waals surface area contributed by atoms with Gasteiger partial charge in [0.1, 0.15) is 23.0 Å². The molecule has 1 atom stereocenters. The number of carboxylic acid groups (broad SMARTS) is 1. The fourth-order valence-corrected chi connectivity index (χ4v) is 2.64. The fourth-order valence-electron chi connectivity index (χ4n) is 2.64. The number of alkyl carbamates (subject to hydrolysis) is 1. The van der Waals surface area contributed by atoms with Crippen LogP contribution in [0.2, 0.25) is 0 Å². The fraction of sp³-hybridized carbons (Fsp3) is 0.333. The summed E-state index contributed by atoms with van der Waals surface area (Å²) in [6, 6.07) is 5.07. The number of carbonyl (C=O) groups excluding carboxylic acids is 3. The average Bonchev–Trinajstić information content (AvgIpc) is 2.69. The summed E-state index contributed by atoms with van der Waals surface area (Å²) in [5.74, 6) is -2.46. The molecule has 3 amide bonds. The first-order chi connectivity index (χ1) is 15.4. The highest BCUT2D eigenvalue weighted by Gasteiger charge is 2.25. The van der Waals surface area contributed by atoms with Crippen LogP contribution >= 0.6 is 0 Å². The predicted octanol–water partition coefficient (Wildman–Crippen LogP) is 1.23. The first kappa shape index (κ1) is 25.0. The van der Waals surface area contributed by atoms with Crippen molar-refractivity contribution in [2.45, 2.75) is 45.3 Å². The third kappa shape index (κ3) is 7.76. The van der Waals surface area contributed by atoms with Crippen molar-refractivity contribution in [2.24, 2.45) is 5.73 Å². The van der Waals surface area contributed by atoms with Gasteiger partial charge in [0.25, 0.3) is 5.56 Å². The van der Waals surface area contributed by atoms with E-state index in [2.05, 4.69) is 20.6 Å². The third-order valence-electron chi connectivity index (χ3n) is 4.14. The second kappa shape index (κ2) is 10.4. The normalized spacial score (nSPS) is 11.8. The number of aromatic carboxylic acids is 1. The van der Waals surface area contributed by atoms with Gasteiger partial charge in [-0.25, -0.2) is 14.6 Å². The number of nitrogens with two attached hydrogens (primary N) is 1. The number of anilines is 1. The molecule has 0 unspecified atom stereocenters. The Labute approximate surface area is 188 Å². The molecule has 1 aromatic heterocycles. The van der Waals surface area contributed by atoms with Crippen LogP contribution in [0.4, 0.5) is 10.5 Å². The van der Waals surface area contributed by atoms with Crippen molar-refractivity contribution in [2.75, 3.05) is 5.32 Å². The topological polar surface area (TPSA) is 194 Å². The minimum Gasteiger partial charge on any atom is -0.477 e. The molecule has 0 aliphatic heterocycles. The van der Waals surface area contributed by atoms with Crippen LogP contribution in [0.1, 0.15) is 44.0 Å². The van der Waals surface area contributed by atoms with Crippen molar-refractivity contribution in [1.82, 2.24) is 15.3 Å². The maximum absolute atomic E-state index is 12.7. The number of hydrogen-bond donors (Lipinski definition) is 5. The van der Waals surface area contributed by atoms with Gasteiger partial charge in [-0.3, -0.25) is 14.4 Å². The molecule has 2 aromatic rings. The highest BCUT2D eigenvalue weighted by atomic mass is 16.6. The Morgan fingerprint density at radius 3 is 2.33 bits per heavy atom. The van der Waals surface area contributed by atoms with E-state index in [0.29, 0.717) is 11.3 Å². The summed E-state index contributed by atoms with van der Waals surface area (Å²) in [7, 11) is 0. The molecule has 0 aliphatic carbocycles. The Balaban J connectivity index is 2.12. The van der Waals surface area contributed by atoms with E-state index >= 15 is 0 Å². The highest BCUT2D eigenvalue weighted by Crippen LogP contribution is 2.18. The van der Waals surface area contributed by atoms with Gasteiger partial charge in [0.15, 0.2) is 0 Å². The number of benzene rings is 1. The first-order valence-corrected chi connectivity index (χ1v) is 9.87. The second-order valence-corrected chi connectivity index (χ2v) is 8.05. The molecule has 0 aliphatic rings. The molecular formula is C21H25N5O7. The summed E-state index contributed by atoms with van der Waals surface area (Å²) in [6.45, 7) is 5.01. The standard InChI is InChI=1S/C21H25N5O7/c1-21(2,3)33-20(32)25-14(8-9-15(22)27)18(29)24-12-6-4-11(5-7-12)16-23-10-13(19(30)31)17(28)26-16/h4-7,10,14H,8-9H2,1-3H3,(H2,22,27)(H,24,29)(H,25,32)(H,30,31)(H,23,26,28)/t14-/m0/s1. The van der Waals surface area contributed by atoms with Crippen LogP contribution in [-0.2, 0) is 14.3 Å². The van der Waals surface area contributed by atoms with Crippen LogP contribution in [0.25, 0.3) is 11.4 Å². The maximum atomic E-state index is 12.7. The first-order valence-electron chi connectivity index (χ1n) is 9.87. The lowest BCUT2D eigenvalue weighted by Crippen LogP contribution is -2.46. The van der Waals surface area contributed by atoms with Crippen molar-refractivity contribution >= 4 is 29.6 Å². The minimum atomic E-state index is -1.39. The zero-order chi connectivity index (χ0) is 24.8. The predicted molar refractivity (Wildman–Crippen MR) is 117 cm³/mol. The molecule has 1 aromatic carbocycles. The van der Waals surface area contributed by atoms with E-state index in [0.717, 1.165) is 6.20 Å². The Hall–Kier alpha value is -4.22. The molecule has 0 saturated heterocycles. The van der Waals surface area contributed by atoms with Crippen molar-refractivity contribution in [1.29, 1.82) is 0 Å². The lowest BCUT2D eigenvalue weighted by molar-refractivity contribution is -0.119. The number of primary amides is 1. The number of rotatable bonds is 8. The van der Waals surface area contributed by atoms with Crippen LogP contribution in [0.3, 0.4) is 0 Å². The molecule has 6 N–H and O–H groups in total. The molecule has 12 nitrogen and oxygen atoms in total. The summed E-state index contributed by atoms with van der Waals surface area (Å²) >= 11 is 0. The van der Waals surface area contributed by atoms with Gasteiger partial charge in [-0.15, -0.1) is 0 Å². The molecule has 2 rings (SSSR count). The number of hydrogen-bond acceptors (Lipinski definition) is 7. The number of nitrogens with one attached hydrogen (secondary N) is 3. The van der Waals surface area contributed by atoms with Crippen LogP contribution in [0.5, 0.6) is 0 Å². The summed E-state index contributed by atoms with van der Waals surface area (Å²) < 4.78 is 5.15. The zero-order valence-electron chi connectivity index (χ0n) is 18.3. The lowest BCUT2D eigenvalue weighted by atomic mass is 10.1. The molecule has 12 heteroatoms. The Morgan fingerprint density at radius 1 is 1.18 bits per heavy atom. The van der Waals surface area contributed by atoms with Crippen molar-refractivity contribution < 1.29 is 29.0 Å². The lowest BCUT2D eigenvalue weighted by Gasteiger charge is -2.23. The molecule has 0 bridgehead atoms. The smallest absolute Gasteiger partial charge is 0.408 e. The maximum Gasteiger partial charge on any atom is 0.408 e. The SMILES string of the molecule is CC(C)(C)OC(=O)N[C@@H](CCC(N)=O)C(=O)Nc1ccc(-c2ncc(C(=O)O)c(=O)[nH]2)cc1. The highest BCUT2D eigenvalue weighted by molar-refractivity contribution is 5.97. The van der Waals surface area contributed by atoms with Crippen LogP contribution < -0.4 is 21.9 Å². The second-order valence-electron chi connectivity index (χ2n) is 8.05. The van der Waals surface area contributed by atoms with E-state index < -0.39 is 46.6 Å². The molecule has 33 heavy (non-hydrogen) atoms. The average molecular weight is 459 g/mol. The molecule has 176 valence electrons. The van der Waals surface area contributed by atoms with Gasteiger partial charge < -0.3 is 31.2 Å². The van der Waals surface area contributed by atoms with E-state index in [-0.39, 0.29) is 18.7 Å². The molecule has 1 heterocycles. The number of carbonyl (C=O) groups is 4. The number of carboxylic acids is 1. The number of nitrogens with zero attached hydrogens (tertiary/aromatic N) is 1. The number of aromatic nitrogens is 2. The van der Waals surface area contributed by atoms with E-state index in [1.165, 1.54) is 12.1 Å². The third-order valence-corrected chi connectivity index (χ3v) is 4.14. The monoisotopic (exact) mass is 459 g/mol. The minimum absolute atomic E-state index is 0.0282. The van der Waals surface area contributed by atoms with Gasteiger partial charge in [-0.2, -0.15) is 0 Å². The van der Waals surface area contributed by atoms with Crippen LogP contribution in [0.15, 0.2) is 35.3 Å². The quantitative estimate of drug-likeness (QED) is 0.389. The van der Waals surface area contributed by atoms with E-state index in [4.69, 9.17) is 15.6 Å². The van der Waals surface area contributed by atoms with Gasteiger partial charge in [0, 0.05) is 23.9 Å². The molecule has 0 spiro atoms. The van der Waals surface area contributed by atoms with E-state index in [1.807, 2.05) is 0 Å². The van der Waals surface area contributed by atoms with Crippen molar-refractivity contribution in [3.05, 3.63) is 46.4 Å². The van der Waals surface area contributed by atoms with Gasteiger partial charge in [-0.1, -0.05) is 0 Å². The van der Waals surface area contributed by atoms with Crippen molar-refractivity contribution in [3.63, 3.8) is 0 Å². The summed E-state index contributed by atoms with van der Waals surface area (Å²) in [6.07, 6.45) is -0.0161. The summed E-state index contributed by atoms with van der Waals surface area (Å²) in [5.41, 5.74) is 3.94. The molecule has 0 saturated carbocycles. The van der Waals surface area contributed by atoms with Gasteiger partial charge in [0.05, 0.1) is 0 Å². The van der Waals surface area contributed by atoms with Gasteiger partial charge in [0.2, 0.25) is 11.8 Å². The van der Waals surface area contributed by atoms with Crippen LogP contribution in [-0.4, -0.2) is 50.6 Å². The Bertz CT molecular complexity index is 1100. The number of ether oxygens (including phenoxy) is 1. The van der Waals surface area contributed by atoms with E-state index in [1.54, 1.807) is 32.9 Å². The number of aromatic amines is 1. The van der Waals surface area contributed by atoms with Gasteiger partial charge in [-0.05, 0) is 51.5 Å². The van der Waals surface area contributed by atoms with Crippen LogP contribution in [0, 0.1) is 0 Å². The van der Waals surface area contributed by atoms with E-state index in [9.17, 15) is 24.0 Å². The van der Waals surface area contributed by atoms with Crippen molar-refractivity contribution in [3.8, 4) is 11.4 Å². The van der Waals surface area contributed by atoms with Gasteiger partial charge >= 0.3 is 12.1 Å². The summed E-state index contributed by atoms with van der Waals surface area (Å²) in [4.78, 5) is 64.9. The molecule has 0 fully saturated rings. The largest absolute Gasteiger partial charge is 0.477 e. The molecular weight excluding hydrogens is 434 g/mol. The number of H-pyrrole nitrogens is 1. The Kier molecular flexibility index (Phi) is 7.89. The zero-order valence-corrected chi connectivity index (χ0v) is 18.3. The summed E-state index contributed by atoms with van der Waals surface area (Å²) in [5, 5.41) is 14.0. The Morgan fingerprint density at radius 2 is 1.82 bits per heavy atom. The molecule has 0 radical (unpaired) electrons.